The van der Waals surface area contributed by atoms with Crippen molar-refractivity contribution >= 4 is 38.3 Å². The van der Waals surface area contributed by atoms with E-state index in [0.29, 0.717) is 10.8 Å². The number of benzene rings is 1. The van der Waals surface area contributed by atoms with Crippen LogP contribution in [-0.4, -0.2) is 42.2 Å². The molecule has 106 valence electrons. The highest BCUT2D eigenvalue weighted by Crippen LogP contribution is 2.27. The molecule has 7 heteroatoms. The normalized spacial score (nSPS) is 11.7. The highest BCUT2D eigenvalue weighted by atomic mass is 32.2. The van der Waals surface area contributed by atoms with Gasteiger partial charge in [-0.25, -0.2) is 18.2 Å². The Morgan fingerprint density at radius 3 is 2.70 bits per heavy atom. The fourth-order valence-corrected chi connectivity index (χ4v) is 3.92. The van der Waals surface area contributed by atoms with Gasteiger partial charge < -0.3 is 5.11 Å². The fraction of sp³-hybridized carbons (Fsp3) is 0.231. The van der Waals surface area contributed by atoms with Crippen molar-refractivity contribution in [3.8, 4) is 0 Å². The molecule has 2 aromatic rings. The lowest BCUT2D eigenvalue weighted by molar-refractivity contribution is 0.0690. The number of carboxylic acid groups (broad SMARTS) is 1. The van der Waals surface area contributed by atoms with Crippen molar-refractivity contribution in [1.82, 2.24) is 4.98 Å². The van der Waals surface area contributed by atoms with Crippen LogP contribution in [0.25, 0.3) is 10.8 Å². The minimum absolute atomic E-state index is 0.0327. The Morgan fingerprint density at radius 1 is 1.35 bits per heavy atom. The number of hydrogen-bond donors (Lipinski definition) is 1. The summed E-state index contributed by atoms with van der Waals surface area (Å²) in [5.74, 6) is -0.718. The summed E-state index contributed by atoms with van der Waals surface area (Å²) in [7, 11) is -3.04. The van der Waals surface area contributed by atoms with Crippen molar-refractivity contribution in [3.63, 3.8) is 0 Å². The maximum absolute atomic E-state index is 11.1. The Kier molecular flexibility index (Phi) is 4.29. The van der Waals surface area contributed by atoms with Crippen molar-refractivity contribution in [2.75, 3.05) is 17.8 Å². The molecular weight excluding hydrogens is 298 g/mol. The summed E-state index contributed by atoms with van der Waals surface area (Å²) in [5, 5.41) is 11.2. The van der Waals surface area contributed by atoms with Gasteiger partial charge in [-0.2, -0.15) is 0 Å². The topological polar surface area (TPSA) is 84.3 Å². The maximum atomic E-state index is 11.1. The van der Waals surface area contributed by atoms with Gasteiger partial charge in [-0.15, -0.1) is 11.8 Å². The Hall–Kier alpha value is -1.60. The third-order valence-electron chi connectivity index (χ3n) is 2.62. The van der Waals surface area contributed by atoms with Crippen LogP contribution < -0.4 is 0 Å². The number of aromatic nitrogens is 1. The molecule has 5 nitrogen and oxygen atoms in total. The second-order valence-electron chi connectivity index (χ2n) is 4.32. The lowest BCUT2D eigenvalue weighted by atomic mass is 10.1. The third-order valence-corrected chi connectivity index (χ3v) is 4.81. The predicted molar refractivity (Wildman–Crippen MR) is 79.1 cm³/mol. The fourth-order valence-electron chi connectivity index (χ4n) is 1.68. The van der Waals surface area contributed by atoms with Gasteiger partial charge >= 0.3 is 5.97 Å². The molecule has 1 N–H and O–H groups in total. The zero-order valence-corrected chi connectivity index (χ0v) is 12.4. The average Bonchev–Trinajstić information content (AvgIpc) is 2.36. The standard InChI is InChI=1S/C13H13NO4S2/c1-20(17,18)7-6-19-12-10-5-3-2-4-9(10)8-11(14-12)13(15)16/h2-5,8H,6-7H2,1H3,(H,15,16). The van der Waals surface area contributed by atoms with E-state index >= 15 is 0 Å². The summed E-state index contributed by atoms with van der Waals surface area (Å²) >= 11 is 1.25. The Morgan fingerprint density at radius 2 is 2.05 bits per heavy atom. The van der Waals surface area contributed by atoms with E-state index in [1.807, 2.05) is 24.3 Å². The Bertz CT molecular complexity index is 756. The van der Waals surface area contributed by atoms with Crippen LogP contribution in [0.2, 0.25) is 0 Å². The second kappa shape index (κ2) is 5.80. The molecule has 1 heterocycles. The van der Waals surface area contributed by atoms with Crippen LogP contribution in [0.15, 0.2) is 35.4 Å². The number of carbonyl (C=O) groups is 1. The molecule has 0 radical (unpaired) electrons. The van der Waals surface area contributed by atoms with Crippen molar-refractivity contribution in [3.05, 3.63) is 36.0 Å². The van der Waals surface area contributed by atoms with Gasteiger partial charge in [-0.05, 0) is 11.5 Å². The van der Waals surface area contributed by atoms with E-state index < -0.39 is 15.8 Å². The van der Waals surface area contributed by atoms with E-state index in [0.717, 1.165) is 10.8 Å². The summed E-state index contributed by atoms with van der Waals surface area (Å²) in [4.78, 5) is 15.2. The number of carboxylic acids is 1. The molecule has 20 heavy (non-hydrogen) atoms. The molecular formula is C13H13NO4S2. The highest BCUT2D eigenvalue weighted by molar-refractivity contribution is 8.00. The van der Waals surface area contributed by atoms with Gasteiger partial charge in [-0.3, -0.25) is 0 Å². The van der Waals surface area contributed by atoms with E-state index in [9.17, 15) is 13.2 Å². The molecule has 0 aliphatic rings. The number of hydrogen-bond acceptors (Lipinski definition) is 5. The summed E-state index contributed by atoms with van der Waals surface area (Å²) in [6, 6.07) is 8.82. The minimum atomic E-state index is -3.04. The van der Waals surface area contributed by atoms with E-state index in [1.165, 1.54) is 24.1 Å². The predicted octanol–water partition coefficient (Wildman–Crippen LogP) is 2.07. The van der Waals surface area contributed by atoms with Crippen LogP contribution in [0.1, 0.15) is 10.5 Å². The van der Waals surface area contributed by atoms with Gasteiger partial charge in [0.05, 0.1) is 5.75 Å². The Labute approximate surface area is 120 Å². The molecule has 0 saturated heterocycles. The van der Waals surface area contributed by atoms with Gasteiger partial charge in [0, 0.05) is 17.4 Å². The van der Waals surface area contributed by atoms with Gasteiger partial charge in [0.25, 0.3) is 0 Å². The van der Waals surface area contributed by atoms with Crippen molar-refractivity contribution in [2.24, 2.45) is 0 Å². The van der Waals surface area contributed by atoms with Crippen molar-refractivity contribution in [2.45, 2.75) is 5.03 Å². The molecule has 0 saturated carbocycles. The van der Waals surface area contributed by atoms with Crippen LogP contribution in [0, 0.1) is 0 Å². The number of sulfone groups is 1. The van der Waals surface area contributed by atoms with Gasteiger partial charge in [-0.1, -0.05) is 24.3 Å². The monoisotopic (exact) mass is 311 g/mol. The first-order valence-electron chi connectivity index (χ1n) is 5.80. The number of nitrogens with zero attached hydrogens (tertiary/aromatic N) is 1. The molecule has 1 aromatic heterocycles. The maximum Gasteiger partial charge on any atom is 0.354 e. The summed E-state index contributed by atoms with van der Waals surface area (Å²) in [5.41, 5.74) is -0.0365. The molecule has 0 amide bonds. The first-order valence-corrected chi connectivity index (χ1v) is 8.85. The van der Waals surface area contributed by atoms with Crippen LogP contribution >= 0.6 is 11.8 Å². The van der Waals surface area contributed by atoms with Crippen molar-refractivity contribution < 1.29 is 18.3 Å². The largest absolute Gasteiger partial charge is 0.477 e. The molecule has 0 spiro atoms. The molecule has 0 atom stereocenters. The lowest BCUT2D eigenvalue weighted by Gasteiger charge is -2.07. The molecule has 0 fully saturated rings. The second-order valence-corrected chi connectivity index (χ2v) is 7.66. The number of rotatable bonds is 5. The van der Waals surface area contributed by atoms with Gasteiger partial charge in [0.15, 0.2) is 0 Å². The van der Waals surface area contributed by atoms with Gasteiger partial charge in [0.2, 0.25) is 0 Å². The molecule has 1 aromatic carbocycles. The third kappa shape index (κ3) is 3.71. The number of aromatic carboxylic acids is 1. The average molecular weight is 311 g/mol. The quantitative estimate of drug-likeness (QED) is 0.851. The molecule has 0 bridgehead atoms. The van der Waals surface area contributed by atoms with Crippen LogP contribution in [0.4, 0.5) is 0 Å². The molecule has 0 aliphatic heterocycles. The lowest BCUT2D eigenvalue weighted by Crippen LogP contribution is -2.06. The number of pyridine rings is 1. The molecule has 2 rings (SSSR count). The first kappa shape index (κ1) is 14.8. The van der Waals surface area contributed by atoms with Crippen molar-refractivity contribution in [1.29, 1.82) is 0 Å². The zero-order chi connectivity index (χ0) is 14.8. The van der Waals surface area contributed by atoms with Crippen LogP contribution in [0.5, 0.6) is 0 Å². The van der Waals surface area contributed by atoms with Gasteiger partial charge in [0.1, 0.15) is 20.6 Å². The van der Waals surface area contributed by atoms with E-state index in [-0.39, 0.29) is 11.4 Å². The summed E-state index contributed by atoms with van der Waals surface area (Å²) < 4.78 is 22.3. The van der Waals surface area contributed by atoms with E-state index in [4.69, 9.17) is 5.11 Å². The smallest absolute Gasteiger partial charge is 0.354 e. The van der Waals surface area contributed by atoms with E-state index in [2.05, 4.69) is 4.98 Å². The van der Waals surface area contributed by atoms with E-state index in [1.54, 1.807) is 0 Å². The number of fused-ring (bicyclic) bond motifs is 1. The number of thioether (sulfide) groups is 1. The van der Waals surface area contributed by atoms with Crippen LogP contribution in [0.3, 0.4) is 0 Å². The highest BCUT2D eigenvalue weighted by Gasteiger charge is 2.12. The summed E-state index contributed by atoms with van der Waals surface area (Å²) in [6.45, 7) is 0. The SMILES string of the molecule is CS(=O)(=O)CCSc1nc(C(=O)O)cc2ccccc12. The Balaban J connectivity index is 2.37. The first-order chi connectivity index (χ1) is 9.37. The van der Waals surface area contributed by atoms with Crippen LogP contribution in [-0.2, 0) is 9.84 Å². The molecule has 0 aliphatic carbocycles. The summed E-state index contributed by atoms with van der Waals surface area (Å²) in [6.07, 6.45) is 1.17. The molecule has 0 unspecified atom stereocenters. The minimum Gasteiger partial charge on any atom is -0.477 e. The zero-order valence-electron chi connectivity index (χ0n) is 10.7.